The first kappa shape index (κ1) is 12.0. The summed E-state index contributed by atoms with van der Waals surface area (Å²) < 4.78 is 0. The van der Waals surface area contributed by atoms with Crippen LogP contribution in [-0.2, 0) is 9.59 Å². The zero-order valence-corrected chi connectivity index (χ0v) is 9.62. The first-order chi connectivity index (χ1) is 7.07. The Balaban J connectivity index is 2.82. The molecule has 0 aromatic heterocycles. The molecule has 1 saturated heterocycles. The summed E-state index contributed by atoms with van der Waals surface area (Å²) >= 11 is 5.41. The van der Waals surface area contributed by atoms with Gasteiger partial charge in [-0.3, -0.25) is 9.59 Å². The van der Waals surface area contributed by atoms with Gasteiger partial charge < -0.3 is 10.2 Å². The predicted octanol–water partition coefficient (Wildman–Crippen LogP) is 0.722. The van der Waals surface area contributed by atoms with Crippen LogP contribution >= 0.6 is 11.6 Å². The molecular formula is C10H15ClN2O2. The van der Waals surface area contributed by atoms with Gasteiger partial charge in [0.05, 0.1) is 6.54 Å². The fraction of sp³-hybridized carbons (Fsp3) is 0.600. The summed E-state index contributed by atoms with van der Waals surface area (Å²) in [6.07, 6.45) is 1.66. The van der Waals surface area contributed by atoms with Crippen LogP contribution < -0.4 is 5.32 Å². The lowest BCUT2D eigenvalue weighted by atomic mass is 9.99. The number of hydrogen-bond donors (Lipinski definition) is 1. The molecule has 0 aromatic carbocycles. The van der Waals surface area contributed by atoms with Crippen molar-refractivity contribution in [2.75, 3.05) is 13.1 Å². The third-order valence-electron chi connectivity index (χ3n) is 2.36. The number of nitrogens with one attached hydrogen (secondary N) is 1. The van der Waals surface area contributed by atoms with E-state index in [1.807, 2.05) is 13.8 Å². The Morgan fingerprint density at radius 3 is 2.80 bits per heavy atom. The van der Waals surface area contributed by atoms with Crippen molar-refractivity contribution >= 4 is 23.4 Å². The Bertz CT molecular complexity index is 289. The molecule has 2 amide bonds. The zero-order valence-electron chi connectivity index (χ0n) is 8.87. The van der Waals surface area contributed by atoms with Crippen molar-refractivity contribution in [1.29, 1.82) is 0 Å². The lowest BCUT2D eigenvalue weighted by Crippen LogP contribution is -2.60. The lowest BCUT2D eigenvalue weighted by Gasteiger charge is -2.36. The number of amides is 2. The van der Waals surface area contributed by atoms with Gasteiger partial charge in [0, 0.05) is 12.1 Å². The number of hydrogen-bond acceptors (Lipinski definition) is 2. The van der Waals surface area contributed by atoms with E-state index in [2.05, 4.69) is 5.32 Å². The monoisotopic (exact) mass is 230 g/mol. The standard InChI is InChI=1S/C10H15ClN2O2/c1-7(2)9-10(15)12-6-8(14)13(9)5-3-4-11/h3-4,7,9H,5-6H2,1-2H3,(H,12,15)/b4-3+. The summed E-state index contributed by atoms with van der Waals surface area (Å²) in [5.74, 6) is -0.0615. The van der Waals surface area contributed by atoms with Gasteiger partial charge in [0.15, 0.2) is 0 Å². The summed E-state index contributed by atoms with van der Waals surface area (Å²) in [5, 5.41) is 2.58. The fourth-order valence-electron chi connectivity index (χ4n) is 1.70. The average Bonchev–Trinajstić information content (AvgIpc) is 2.18. The van der Waals surface area contributed by atoms with Crippen LogP contribution in [-0.4, -0.2) is 35.8 Å². The molecule has 0 spiro atoms. The van der Waals surface area contributed by atoms with Gasteiger partial charge in [0.2, 0.25) is 11.8 Å². The Morgan fingerprint density at radius 2 is 2.27 bits per heavy atom. The van der Waals surface area contributed by atoms with E-state index < -0.39 is 0 Å². The van der Waals surface area contributed by atoms with Gasteiger partial charge in [-0.1, -0.05) is 31.5 Å². The highest BCUT2D eigenvalue weighted by atomic mass is 35.5. The summed E-state index contributed by atoms with van der Waals surface area (Å²) in [6, 6.07) is -0.390. The molecule has 0 saturated carbocycles. The second-order valence-electron chi connectivity index (χ2n) is 3.81. The highest BCUT2D eigenvalue weighted by molar-refractivity contribution is 6.25. The molecule has 1 atom stereocenters. The molecular weight excluding hydrogens is 216 g/mol. The summed E-state index contributed by atoms with van der Waals surface area (Å²) in [6.45, 7) is 4.30. The predicted molar refractivity (Wildman–Crippen MR) is 58.3 cm³/mol. The molecule has 0 aromatic rings. The Kier molecular flexibility index (Phi) is 4.15. The van der Waals surface area contributed by atoms with Gasteiger partial charge >= 0.3 is 0 Å². The molecule has 15 heavy (non-hydrogen) atoms. The van der Waals surface area contributed by atoms with Crippen molar-refractivity contribution in [1.82, 2.24) is 10.2 Å². The van der Waals surface area contributed by atoms with E-state index in [1.165, 1.54) is 5.54 Å². The van der Waals surface area contributed by atoms with Gasteiger partial charge in [0.25, 0.3) is 0 Å². The van der Waals surface area contributed by atoms with Gasteiger partial charge in [0.1, 0.15) is 6.04 Å². The third kappa shape index (κ3) is 2.72. The molecule has 1 aliphatic heterocycles. The fourth-order valence-corrected chi connectivity index (χ4v) is 1.78. The molecule has 5 heteroatoms. The maximum absolute atomic E-state index is 11.6. The van der Waals surface area contributed by atoms with Crippen LogP contribution in [0.3, 0.4) is 0 Å². The van der Waals surface area contributed by atoms with Gasteiger partial charge in [-0.15, -0.1) is 0 Å². The van der Waals surface area contributed by atoms with Crippen LogP contribution in [0.5, 0.6) is 0 Å². The highest BCUT2D eigenvalue weighted by Crippen LogP contribution is 2.14. The van der Waals surface area contributed by atoms with Crippen molar-refractivity contribution in [3.63, 3.8) is 0 Å². The summed E-state index contributed by atoms with van der Waals surface area (Å²) in [5.41, 5.74) is 1.36. The van der Waals surface area contributed by atoms with Crippen LogP contribution in [0.1, 0.15) is 13.8 Å². The summed E-state index contributed by atoms with van der Waals surface area (Å²) in [4.78, 5) is 24.7. The molecule has 0 aliphatic carbocycles. The minimum atomic E-state index is -0.390. The van der Waals surface area contributed by atoms with E-state index in [0.717, 1.165) is 0 Å². The van der Waals surface area contributed by atoms with Crippen LogP contribution in [0.15, 0.2) is 11.6 Å². The van der Waals surface area contributed by atoms with Crippen molar-refractivity contribution < 1.29 is 9.59 Å². The number of rotatable bonds is 3. The molecule has 1 aliphatic rings. The zero-order chi connectivity index (χ0) is 11.4. The number of carbonyl (C=O) groups is 2. The summed E-state index contributed by atoms with van der Waals surface area (Å²) in [7, 11) is 0. The van der Waals surface area contributed by atoms with E-state index >= 15 is 0 Å². The van der Waals surface area contributed by atoms with Crippen molar-refractivity contribution in [3.8, 4) is 0 Å². The largest absolute Gasteiger partial charge is 0.345 e. The van der Waals surface area contributed by atoms with E-state index in [1.54, 1.807) is 11.0 Å². The first-order valence-electron chi connectivity index (χ1n) is 4.90. The molecule has 4 nitrogen and oxygen atoms in total. The van der Waals surface area contributed by atoms with E-state index in [4.69, 9.17) is 11.6 Å². The van der Waals surface area contributed by atoms with Gasteiger partial charge in [-0.2, -0.15) is 0 Å². The maximum atomic E-state index is 11.6. The maximum Gasteiger partial charge on any atom is 0.243 e. The number of halogens is 1. The van der Waals surface area contributed by atoms with E-state index in [9.17, 15) is 9.59 Å². The molecule has 1 N–H and O–H groups in total. The smallest absolute Gasteiger partial charge is 0.243 e. The van der Waals surface area contributed by atoms with Crippen LogP contribution in [0.4, 0.5) is 0 Å². The second-order valence-corrected chi connectivity index (χ2v) is 4.07. The Labute approximate surface area is 94.3 Å². The number of nitrogens with zero attached hydrogens (tertiary/aromatic N) is 1. The first-order valence-corrected chi connectivity index (χ1v) is 5.34. The molecule has 0 radical (unpaired) electrons. The highest BCUT2D eigenvalue weighted by Gasteiger charge is 2.35. The van der Waals surface area contributed by atoms with Gasteiger partial charge in [-0.25, -0.2) is 0 Å². The van der Waals surface area contributed by atoms with Crippen molar-refractivity contribution in [2.45, 2.75) is 19.9 Å². The van der Waals surface area contributed by atoms with E-state index in [0.29, 0.717) is 6.54 Å². The Morgan fingerprint density at radius 1 is 1.60 bits per heavy atom. The quantitative estimate of drug-likeness (QED) is 0.777. The minimum absolute atomic E-state index is 0.0666. The van der Waals surface area contributed by atoms with Crippen molar-refractivity contribution in [3.05, 3.63) is 11.6 Å². The van der Waals surface area contributed by atoms with Gasteiger partial charge in [-0.05, 0) is 5.92 Å². The second kappa shape index (κ2) is 5.16. The lowest BCUT2D eigenvalue weighted by molar-refractivity contribution is -0.146. The topological polar surface area (TPSA) is 49.4 Å². The molecule has 84 valence electrons. The third-order valence-corrected chi connectivity index (χ3v) is 2.54. The molecule has 1 heterocycles. The van der Waals surface area contributed by atoms with E-state index in [-0.39, 0.29) is 30.3 Å². The molecule has 1 fully saturated rings. The number of piperazine rings is 1. The normalized spacial score (nSPS) is 22.7. The minimum Gasteiger partial charge on any atom is -0.345 e. The SMILES string of the molecule is CC(C)C1C(=O)NCC(=O)N1C/C=C/Cl. The van der Waals surface area contributed by atoms with Crippen LogP contribution in [0, 0.1) is 5.92 Å². The van der Waals surface area contributed by atoms with Crippen LogP contribution in [0.25, 0.3) is 0 Å². The molecule has 0 bridgehead atoms. The van der Waals surface area contributed by atoms with Crippen molar-refractivity contribution in [2.24, 2.45) is 5.92 Å². The van der Waals surface area contributed by atoms with Crippen LogP contribution in [0.2, 0.25) is 0 Å². The molecule has 1 rings (SSSR count). The average molecular weight is 231 g/mol. The molecule has 1 unspecified atom stereocenters. The Hall–Kier alpha value is -1.03. The number of carbonyl (C=O) groups excluding carboxylic acids is 2.